The number of unbranched alkanes of at least 4 members (excludes halogenated alkanes) is 1. The third kappa shape index (κ3) is 9.36. The number of benzene rings is 4. The molecule has 0 radical (unpaired) electrons. The van der Waals surface area contributed by atoms with E-state index >= 15 is 0 Å². The molecule has 0 bridgehead atoms. The molecule has 0 N–H and O–H groups in total. The molecule has 1 amide bonds. The second kappa shape index (κ2) is 17.3. The molecule has 5 aromatic rings. The summed E-state index contributed by atoms with van der Waals surface area (Å²) < 4.78 is 38.7. The highest BCUT2D eigenvalue weighted by atomic mass is 32.1. The number of carbonyl (C=O) groups excluding carboxylic acids is 2. The summed E-state index contributed by atoms with van der Waals surface area (Å²) in [5.74, 6) is 3.28. The Labute approximate surface area is 314 Å². The predicted octanol–water partition coefficient (Wildman–Crippen LogP) is 8.97. The van der Waals surface area contributed by atoms with Crippen LogP contribution in [0.25, 0.3) is 20.5 Å². The van der Waals surface area contributed by atoms with Gasteiger partial charge in [-0.2, -0.15) is 0 Å². The van der Waals surface area contributed by atoms with Crippen LogP contribution in [0.1, 0.15) is 38.2 Å². The van der Waals surface area contributed by atoms with E-state index in [2.05, 4.69) is 11.8 Å². The molecule has 2 atom stereocenters. The van der Waals surface area contributed by atoms with Crippen molar-refractivity contribution in [2.24, 2.45) is 11.8 Å². The number of amides is 1. The lowest BCUT2D eigenvalue weighted by Crippen LogP contribution is -2.34. The van der Waals surface area contributed by atoms with Gasteiger partial charge in [0.05, 0.1) is 17.9 Å². The molecule has 0 spiro atoms. The topological polar surface area (TPSA) is 77.5 Å². The summed E-state index contributed by atoms with van der Waals surface area (Å²) in [7, 11) is 0. The summed E-state index contributed by atoms with van der Waals surface area (Å²) in [5.41, 5.74) is 1.82. The minimum Gasteiger partial charge on any atom is -0.494 e. The van der Waals surface area contributed by atoms with Gasteiger partial charge in [0.15, 0.2) is 5.75 Å². The number of ether oxygens (including phenoxy) is 4. The van der Waals surface area contributed by atoms with Crippen LogP contribution in [-0.4, -0.2) is 67.6 Å². The van der Waals surface area contributed by atoms with Crippen LogP contribution in [0.4, 0.5) is 4.39 Å². The van der Waals surface area contributed by atoms with Crippen molar-refractivity contribution in [3.05, 3.63) is 108 Å². The van der Waals surface area contributed by atoms with E-state index in [9.17, 15) is 14.0 Å². The van der Waals surface area contributed by atoms with Gasteiger partial charge in [0.2, 0.25) is 5.91 Å². The number of thiophene rings is 1. The summed E-state index contributed by atoms with van der Waals surface area (Å²) >= 11 is 1.60. The zero-order valence-corrected chi connectivity index (χ0v) is 30.8. The Morgan fingerprint density at radius 2 is 1.49 bits per heavy atom. The van der Waals surface area contributed by atoms with Crippen molar-refractivity contribution in [3.8, 4) is 33.4 Å². The molecule has 0 saturated carbocycles. The maximum Gasteiger partial charge on any atom is 0.306 e. The van der Waals surface area contributed by atoms with Crippen LogP contribution in [-0.2, 0) is 20.9 Å². The van der Waals surface area contributed by atoms with E-state index in [1.807, 2.05) is 77.7 Å². The number of fused-ring (bicyclic) bond motifs is 2. The first-order valence-corrected chi connectivity index (χ1v) is 19.3. The zero-order valence-electron chi connectivity index (χ0n) is 30.0. The Balaban J connectivity index is 0.873. The fourth-order valence-electron chi connectivity index (χ4n) is 7.04. The highest BCUT2D eigenvalue weighted by molar-refractivity contribution is 7.22. The Bertz CT molecular complexity index is 1970. The molecule has 7 rings (SSSR count). The molecule has 2 aliphatic rings. The monoisotopic (exact) mass is 736 g/mol. The number of esters is 1. The number of likely N-dealkylation sites (tertiary alicyclic amines) is 2. The minimum absolute atomic E-state index is 0.0266. The van der Waals surface area contributed by atoms with Crippen LogP contribution in [0.2, 0.25) is 0 Å². The number of nitrogens with zero attached hydrogens (tertiary/aromatic N) is 2. The molecule has 2 fully saturated rings. The van der Waals surface area contributed by atoms with Crippen molar-refractivity contribution in [1.29, 1.82) is 0 Å². The lowest BCUT2D eigenvalue weighted by Gasteiger charge is -2.21. The number of carbonyl (C=O) groups is 2. The van der Waals surface area contributed by atoms with Gasteiger partial charge in [0.1, 0.15) is 36.3 Å². The maximum absolute atomic E-state index is 13.8. The SMILES string of the molecule is CCCCOc1ccc2c(Oc3ccc(OCCN4CC5CN(C(=O)CCC(=O)OCc6ccccc6)CC5C4)cc3)c(-c3ccc(F)cc3)sc2c1. The average Bonchev–Trinajstić information content (AvgIpc) is 3.86. The summed E-state index contributed by atoms with van der Waals surface area (Å²) in [6.45, 7) is 7.73. The Kier molecular flexibility index (Phi) is 11.9. The van der Waals surface area contributed by atoms with E-state index in [0.29, 0.717) is 30.8 Å². The Morgan fingerprint density at radius 3 is 2.23 bits per heavy atom. The number of rotatable bonds is 16. The second-order valence-electron chi connectivity index (χ2n) is 13.8. The first kappa shape index (κ1) is 36.4. The third-order valence-electron chi connectivity index (χ3n) is 9.91. The van der Waals surface area contributed by atoms with E-state index in [1.165, 1.54) is 12.1 Å². The van der Waals surface area contributed by atoms with E-state index < -0.39 is 0 Å². The molecule has 0 aliphatic carbocycles. The fraction of sp³-hybridized carbons (Fsp3) is 0.349. The average molecular weight is 737 g/mol. The molecule has 2 unspecified atom stereocenters. The van der Waals surface area contributed by atoms with Crippen molar-refractivity contribution in [2.75, 3.05) is 45.9 Å². The fourth-order valence-corrected chi connectivity index (χ4v) is 8.20. The van der Waals surface area contributed by atoms with Crippen molar-refractivity contribution >= 4 is 33.3 Å². The van der Waals surface area contributed by atoms with Crippen molar-refractivity contribution in [2.45, 2.75) is 39.2 Å². The summed E-state index contributed by atoms with van der Waals surface area (Å²) in [5, 5.41) is 0.972. The van der Waals surface area contributed by atoms with Crippen LogP contribution >= 0.6 is 11.3 Å². The van der Waals surface area contributed by atoms with Crippen molar-refractivity contribution < 1.29 is 32.9 Å². The van der Waals surface area contributed by atoms with Crippen molar-refractivity contribution in [1.82, 2.24) is 9.80 Å². The van der Waals surface area contributed by atoms with E-state index in [-0.39, 0.29) is 37.1 Å². The molecular formula is C43H45FN2O6S. The van der Waals surface area contributed by atoms with E-state index in [1.54, 1.807) is 23.5 Å². The molecule has 53 heavy (non-hydrogen) atoms. The molecular weight excluding hydrogens is 692 g/mol. The molecule has 2 aliphatic heterocycles. The van der Waals surface area contributed by atoms with E-state index in [0.717, 1.165) is 88.9 Å². The molecule has 276 valence electrons. The van der Waals surface area contributed by atoms with Gasteiger partial charge >= 0.3 is 5.97 Å². The molecule has 2 saturated heterocycles. The largest absolute Gasteiger partial charge is 0.494 e. The standard InChI is InChI=1S/C43H45FN2O6S/c1-2-3-22-49-37-17-18-38-39(24-37)53-43(31-9-11-34(44)12-10-31)42(38)52-36-15-13-35(14-16-36)50-23-21-45-25-32-27-46(28-33(32)26-45)40(47)19-20-41(48)51-29-30-7-5-4-6-8-30/h4-18,24,32-33H,2-3,19-23,25-29H2,1H3. The number of hydrogen-bond donors (Lipinski definition) is 0. The van der Waals surface area contributed by atoms with Gasteiger partial charge in [0, 0.05) is 49.2 Å². The Hall–Kier alpha value is -4.93. The van der Waals surface area contributed by atoms with Gasteiger partial charge in [-0.05, 0) is 84.0 Å². The third-order valence-corrected chi connectivity index (χ3v) is 11.1. The van der Waals surface area contributed by atoms with Crippen LogP contribution in [0.3, 0.4) is 0 Å². The molecule has 10 heteroatoms. The molecule has 8 nitrogen and oxygen atoms in total. The van der Waals surface area contributed by atoms with Crippen LogP contribution in [0, 0.1) is 17.7 Å². The Morgan fingerprint density at radius 1 is 0.792 bits per heavy atom. The van der Waals surface area contributed by atoms with E-state index in [4.69, 9.17) is 18.9 Å². The quantitative estimate of drug-likeness (QED) is 0.0740. The van der Waals surface area contributed by atoms with Crippen LogP contribution in [0.15, 0.2) is 97.1 Å². The highest BCUT2D eigenvalue weighted by Crippen LogP contribution is 2.47. The van der Waals surface area contributed by atoms with Gasteiger partial charge in [-0.25, -0.2) is 4.39 Å². The molecule has 3 heterocycles. The van der Waals surface area contributed by atoms with Gasteiger partial charge in [-0.15, -0.1) is 11.3 Å². The first-order valence-electron chi connectivity index (χ1n) is 18.5. The highest BCUT2D eigenvalue weighted by Gasteiger charge is 2.41. The predicted molar refractivity (Wildman–Crippen MR) is 205 cm³/mol. The minimum atomic E-state index is -0.343. The molecule has 1 aromatic heterocycles. The first-order chi connectivity index (χ1) is 25.9. The van der Waals surface area contributed by atoms with Gasteiger partial charge in [-0.3, -0.25) is 14.5 Å². The lowest BCUT2D eigenvalue weighted by atomic mass is 10.0. The summed E-state index contributed by atoms with van der Waals surface area (Å²) in [6.07, 6.45) is 2.35. The van der Waals surface area contributed by atoms with Crippen molar-refractivity contribution in [3.63, 3.8) is 0 Å². The van der Waals surface area contributed by atoms with Crippen LogP contribution < -0.4 is 14.2 Å². The second-order valence-corrected chi connectivity index (χ2v) is 14.8. The smallest absolute Gasteiger partial charge is 0.306 e. The zero-order chi connectivity index (χ0) is 36.6. The lowest BCUT2D eigenvalue weighted by molar-refractivity contribution is -0.147. The number of halogens is 1. The number of hydrogen-bond acceptors (Lipinski definition) is 8. The summed E-state index contributed by atoms with van der Waals surface area (Å²) in [4.78, 5) is 30.3. The van der Waals surface area contributed by atoms with Crippen LogP contribution in [0.5, 0.6) is 23.0 Å². The molecule has 4 aromatic carbocycles. The normalized spacial score (nSPS) is 16.8. The van der Waals surface area contributed by atoms with Gasteiger partial charge in [-0.1, -0.05) is 55.8 Å². The maximum atomic E-state index is 13.8. The van der Waals surface area contributed by atoms with Gasteiger partial charge in [0.25, 0.3) is 0 Å². The summed E-state index contributed by atoms with van der Waals surface area (Å²) in [6, 6.07) is 29.7. The van der Waals surface area contributed by atoms with Gasteiger partial charge < -0.3 is 23.8 Å².